The maximum atomic E-state index is 12.9. The number of rotatable bonds is 4. The van der Waals surface area contributed by atoms with Gasteiger partial charge in [0.2, 0.25) is 5.95 Å². The van der Waals surface area contributed by atoms with Crippen molar-refractivity contribution in [2.75, 3.05) is 10.6 Å². The van der Waals surface area contributed by atoms with Crippen LogP contribution in [0.25, 0.3) is 0 Å². The summed E-state index contributed by atoms with van der Waals surface area (Å²) in [6.45, 7) is 0. The van der Waals surface area contributed by atoms with E-state index in [1.807, 2.05) is 0 Å². The Hall–Kier alpha value is -2.02. The zero-order valence-corrected chi connectivity index (χ0v) is 14.2. The highest BCUT2D eigenvalue weighted by Crippen LogP contribution is 2.36. The van der Waals surface area contributed by atoms with Crippen LogP contribution in [0.3, 0.4) is 0 Å². The van der Waals surface area contributed by atoms with E-state index in [4.69, 9.17) is 11.6 Å². The van der Waals surface area contributed by atoms with Crippen molar-refractivity contribution in [2.45, 2.75) is 44.3 Å². The number of nitrogens with zero attached hydrogens (tertiary/aromatic N) is 2. The standard InChI is InChI=1S/C17H18ClF3N4/c18-14-7-6-12(10-13(14)17(19,20)21)23-15-8-9-22-16(25-15)24-11-4-2-1-3-5-11/h6-11H,1-5H2,(H2,22,23,24,25). The molecule has 0 unspecified atom stereocenters. The van der Waals surface area contributed by atoms with Gasteiger partial charge in [-0.25, -0.2) is 4.98 Å². The topological polar surface area (TPSA) is 49.8 Å². The minimum absolute atomic E-state index is 0.263. The molecule has 1 saturated carbocycles. The molecule has 1 aliphatic rings. The highest BCUT2D eigenvalue weighted by molar-refractivity contribution is 6.31. The van der Waals surface area contributed by atoms with Crippen LogP contribution in [0.2, 0.25) is 5.02 Å². The number of aromatic nitrogens is 2. The van der Waals surface area contributed by atoms with Gasteiger partial charge in [-0.2, -0.15) is 18.2 Å². The van der Waals surface area contributed by atoms with Crippen LogP contribution in [0.5, 0.6) is 0 Å². The number of nitrogens with one attached hydrogen (secondary N) is 2. The molecule has 0 radical (unpaired) electrons. The molecule has 2 aromatic rings. The molecule has 1 aliphatic carbocycles. The minimum Gasteiger partial charge on any atom is -0.351 e. The lowest BCUT2D eigenvalue weighted by Crippen LogP contribution is -2.23. The van der Waals surface area contributed by atoms with E-state index in [0.717, 1.165) is 18.9 Å². The van der Waals surface area contributed by atoms with Crippen molar-refractivity contribution in [3.63, 3.8) is 0 Å². The molecule has 1 fully saturated rings. The molecule has 25 heavy (non-hydrogen) atoms. The second kappa shape index (κ2) is 7.47. The van der Waals surface area contributed by atoms with Crippen molar-refractivity contribution in [3.8, 4) is 0 Å². The van der Waals surface area contributed by atoms with E-state index in [9.17, 15) is 13.2 Å². The predicted molar refractivity (Wildman–Crippen MR) is 92.3 cm³/mol. The lowest BCUT2D eigenvalue weighted by molar-refractivity contribution is -0.137. The summed E-state index contributed by atoms with van der Waals surface area (Å²) in [7, 11) is 0. The molecule has 3 rings (SSSR count). The highest BCUT2D eigenvalue weighted by atomic mass is 35.5. The van der Waals surface area contributed by atoms with Crippen LogP contribution < -0.4 is 10.6 Å². The van der Waals surface area contributed by atoms with Gasteiger partial charge in [0.05, 0.1) is 10.6 Å². The Balaban J connectivity index is 1.74. The van der Waals surface area contributed by atoms with E-state index in [1.165, 1.54) is 31.4 Å². The van der Waals surface area contributed by atoms with Gasteiger partial charge in [0, 0.05) is 17.9 Å². The fraction of sp³-hybridized carbons (Fsp3) is 0.412. The lowest BCUT2D eigenvalue weighted by atomic mass is 9.96. The molecular formula is C17H18ClF3N4. The average Bonchev–Trinajstić information content (AvgIpc) is 2.57. The third-order valence-electron chi connectivity index (χ3n) is 4.14. The van der Waals surface area contributed by atoms with Gasteiger partial charge >= 0.3 is 6.18 Å². The third kappa shape index (κ3) is 4.75. The van der Waals surface area contributed by atoms with Crippen molar-refractivity contribution in [3.05, 3.63) is 41.0 Å². The normalized spacial score (nSPS) is 15.8. The van der Waals surface area contributed by atoms with Gasteiger partial charge in [0.1, 0.15) is 5.82 Å². The van der Waals surface area contributed by atoms with E-state index < -0.39 is 11.7 Å². The van der Waals surface area contributed by atoms with Gasteiger partial charge in [0.15, 0.2) is 0 Å². The predicted octanol–water partition coefficient (Wildman–Crippen LogP) is 5.64. The Kier molecular flexibility index (Phi) is 5.32. The molecule has 0 atom stereocenters. The van der Waals surface area contributed by atoms with E-state index >= 15 is 0 Å². The van der Waals surface area contributed by atoms with Crippen molar-refractivity contribution in [2.24, 2.45) is 0 Å². The fourth-order valence-electron chi connectivity index (χ4n) is 2.90. The smallest absolute Gasteiger partial charge is 0.351 e. The van der Waals surface area contributed by atoms with Gasteiger partial charge in [-0.3, -0.25) is 0 Å². The minimum atomic E-state index is -4.51. The summed E-state index contributed by atoms with van der Waals surface area (Å²) in [6, 6.07) is 5.62. The van der Waals surface area contributed by atoms with Gasteiger partial charge in [-0.1, -0.05) is 30.9 Å². The number of hydrogen-bond donors (Lipinski definition) is 2. The first-order valence-corrected chi connectivity index (χ1v) is 8.53. The van der Waals surface area contributed by atoms with Crippen LogP contribution in [0.1, 0.15) is 37.7 Å². The van der Waals surface area contributed by atoms with Gasteiger partial charge < -0.3 is 10.6 Å². The molecular weight excluding hydrogens is 353 g/mol. The quantitative estimate of drug-likeness (QED) is 0.731. The zero-order valence-electron chi connectivity index (χ0n) is 13.4. The molecule has 2 N–H and O–H groups in total. The van der Waals surface area contributed by atoms with Crippen LogP contribution in [-0.2, 0) is 6.18 Å². The first-order valence-electron chi connectivity index (χ1n) is 8.15. The Morgan fingerprint density at radius 3 is 2.56 bits per heavy atom. The number of anilines is 3. The molecule has 0 bridgehead atoms. The number of benzene rings is 1. The monoisotopic (exact) mass is 370 g/mol. The Labute approximate surface area is 148 Å². The summed E-state index contributed by atoms with van der Waals surface area (Å²) in [5.41, 5.74) is -0.618. The molecule has 1 aromatic heterocycles. The number of alkyl halides is 3. The van der Waals surface area contributed by atoms with Crippen molar-refractivity contribution < 1.29 is 13.2 Å². The SMILES string of the molecule is FC(F)(F)c1cc(Nc2ccnc(NC3CCCCC3)n2)ccc1Cl. The summed E-state index contributed by atoms with van der Waals surface area (Å²) in [5, 5.41) is 5.83. The second-order valence-corrected chi connectivity index (χ2v) is 6.47. The summed E-state index contributed by atoms with van der Waals surface area (Å²) in [6.07, 6.45) is 2.83. The molecule has 134 valence electrons. The summed E-state index contributed by atoms with van der Waals surface area (Å²) >= 11 is 5.63. The zero-order chi connectivity index (χ0) is 17.9. The van der Waals surface area contributed by atoms with Crippen LogP contribution in [0.4, 0.5) is 30.6 Å². The second-order valence-electron chi connectivity index (χ2n) is 6.06. The third-order valence-corrected chi connectivity index (χ3v) is 4.47. The van der Waals surface area contributed by atoms with Gasteiger partial charge in [0.25, 0.3) is 0 Å². The fourth-order valence-corrected chi connectivity index (χ4v) is 3.12. The Morgan fingerprint density at radius 2 is 1.84 bits per heavy atom. The van der Waals surface area contributed by atoms with E-state index in [-0.39, 0.29) is 10.7 Å². The van der Waals surface area contributed by atoms with Crippen LogP contribution in [-0.4, -0.2) is 16.0 Å². The van der Waals surface area contributed by atoms with Crippen molar-refractivity contribution in [1.29, 1.82) is 0 Å². The van der Waals surface area contributed by atoms with E-state index in [0.29, 0.717) is 17.8 Å². The molecule has 1 heterocycles. The molecule has 8 heteroatoms. The van der Waals surface area contributed by atoms with Crippen molar-refractivity contribution in [1.82, 2.24) is 9.97 Å². The Bertz CT molecular complexity index is 730. The lowest BCUT2D eigenvalue weighted by Gasteiger charge is -2.22. The molecule has 0 amide bonds. The number of halogens is 4. The first kappa shape index (κ1) is 17.8. The molecule has 4 nitrogen and oxygen atoms in total. The van der Waals surface area contributed by atoms with Crippen LogP contribution >= 0.6 is 11.6 Å². The molecule has 1 aromatic carbocycles. The van der Waals surface area contributed by atoms with Crippen molar-refractivity contribution >= 4 is 29.1 Å². The first-order chi connectivity index (χ1) is 11.9. The van der Waals surface area contributed by atoms with Crippen LogP contribution in [0, 0.1) is 0 Å². The molecule has 0 saturated heterocycles. The largest absolute Gasteiger partial charge is 0.417 e. The van der Waals surface area contributed by atoms with Gasteiger partial charge in [-0.15, -0.1) is 0 Å². The maximum absolute atomic E-state index is 12.9. The molecule has 0 spiro atoms. The summed E-state index contributed by atoms with van der Waals surface area (Å²) in [5.74, 6) is 0.894. The highest BCUT2D eigenvalue weighted by Gasteiger charge is 2.33. The van der Waals surface area contributed by atoms with Crippen LogP contribution in [0.15, 0.2) is 30.5 Å². The number of hydrogen-bond acceptors (Lipinski definition) is 4. The van der Waals surface area contributed by atoms with Gasteiger partial charge in [-0.05, 0) is 37.1 Å². The average molecular weight is 371 g/mol. The molecule has 0 aliphatic heterocycles. The van der Waals surface area contributed by atoms with E-state index in [1.54, 1.807) is 12.3 Å². The summed E-state index contributed by atoms with van der Waals surface area (Å²) < 4.78 is 38.8. The van der Waals surface area contributed by atoms with E-state index in [2.05, 4.69) is 20.6 Å². The maximum Gasteiger partial charge on any atom is 0.417 e. The Morgan fingerprint density at radius 1 is 1.08 bits per heavy atom. The summed E-state index contributed by atoms with van der Waals surface area (Å²) in [4.78, 5) is 8.51.